The number of nitrogens with zero attached hydrogens (tertiary/aromatic N) is 2. The normalized spacial score (nSPS) is 22.8. The van der Waals surface area contributed by atoms with Gasteiger partial charge in [-0.1, -0.05) is 24.3 Å². The van der Waals surface area contributed by atoms with E-state index in [9.17, 15) is 0 Å². The first kappa shape index (κ1) is 11.2. The maximum Gasteiger partial charge on any atom is 0.0951 e. The molecule has 1 aromatic heterocycles. The van der Waals surface area contributed by atoms with Crippen LogP contribution in [0.2, 0.25) is 0 Å². The van der Waals surface area contributed by atoms with Crippen molar-refractivity contribution in [3.63, 3.8) is 0 Å². The summed E-state index contributed by atoms with van der Waals surface area (Å²) < 4.78 is 2.43. The number of fused-ring (bicyclic) bond motifs is 1. The fraction of sp³-hybridized carbons (Fsp3) is 0.438. The summed E-state index contributed by atoms with van der Waals surface area (Å²) in [6.45, 7) is 2.21. The Morgan fingerprint density at radius 2 is 2.00 bits per heavy atom. The number of hydrogen-bond donors (Lipinski definition) is 1. The van der Waals surface area contributed by atoms with Crippen molar-refractivity contribution in [1.82, 2.24) is 14.9 Å². The van der Waals surface area contributed by atoms with Crippen molar-refractivity contribution >= 4 is 0 Å². The quantitative estimate of drug-likeness (QED) is 0.890. The van der Waals surface area contributed by atoms with Gasteiger partial charge < -0.3 is 9.88 Å². The van der Waals surface area contributed by atoms with E-state index in [1.807, 2.05) is 6.33 Å². The third kappa shape index (κ3) is 1.89. The van der Waals surface area contributed by atoms with Crippen LogP contribution in [0.3, 0.4) is 0 Å². The second kappa shape index (κ2) is 4.49. The highest BCUT2D eigenvalue weighted by Crippen LogP contribution is 2.31. The van der Waals surface area contributed by atoms with E-state index < -0.39 is 0 Å². The van der Waals surface area contributed by atoms with Gasteiger partial charge in [0.15, 0.2) is 0 Å². The Hall–Kier alpha value is -1.61. The number of imidazole rings is 1. The average molecular weight is 253 g/mol. The predicted molar refractivity (Wildman–Crippen MR) is 75.3 cm³/mol. The summed E-state index contributed by atoms with van der Waals surface area (Å²) >= 11 is 0. The zero-order chi connectivity index (χ0) is 12.7. The molecule has 3 nitrogen and oxygen atoms in total. The largest absolute Gasteiger partial charge is 0.331 e. The van der Waals surface area contributed by atoms with Crippen LogP contribution >= 0.6 is 0 Å². The highest BCUT2D eigenvalue weighted by Gasteiger charge is 2.27. The van der Waals surface area contributed by atoms with E-state index in [0.717, 1.165) is 19.5 Å². The molecule has 1 saturated heterocycles. The molecule has 1 aromatic carbocycles. The third-order valence-corrected chi connectivity index (χ3v) is 4.61. The van der Waals surface area contributed by atoms with Crippen LogP contribution < -0.4 is 5.32 Å². The molecule has 0 amide bonds. The van der Waals surface area contributed by atoms with Crippen molar-refractivity contribution in [2.75, 3.05) is 13.1 Å². The first-order valence-electron chi connectivity index (χ1n) is 7.21. The Labute approximate surface area is 113 Å². The van der Waals surface area contributed by atoms with Crippen molar-refractivity contribution in [1.29, 1.82) is 0 Å². The zero-order valence-corrected chi connectivity index (χ0v) is 11.0. The van der Waals surface area contributed by atoms with Crippen molar-refractivity contribution in [3.8, 4) is 0 Å². The lowest BCUT2D eigenvalue weighted by Gasteiger charge is -2.32. The van der Waals surface area contributed by atoms with Crippen molar-refractivity contribution < 1.29 is 0 Å². The summed E-state index contributed by atoms with van der Waals surface area (Å²) in [4.78, 5) is 4.39. The van der Waals surface area contributed by atoms with Crippen LogP contribution in [-0.4, -0.2) is 22.6 Å². The second-order valence-corrected chi connectivity index (χ2v) is 5.75. The standard InChI is InChI=1S/C16H19N3/c1-2-4-13-7-15(6-5-12(13)3-1)19-11-18-10-16(19)14-8-17-9-14/h1-4,10-11,14-15,17H,5-9H2. The van der Waals surface area contributed by atoms with Crippen LogP contribution in [0.4, 0.5) is 0 Å². The summed E-state index contributed by atoms with van der Waals surface area (Å²) in [5, 5.41) is 3.35. The summed E-state index contributed by atoms with van der Waals surface area (Å²) in [6.07, 6.45) is 7.68. The molecule has 0 spiro atoms. The molecule has 1 atom stereocenters. The highest BCUT2D eigenvalue weighted by molar-refractivity contribution is 5.30. The lowest BCUT2D eigenvalue weighted by atomic mass is 9.87. The van der Waals surface area contributed by atoms with Crippen LogP contribution in [-0.2, 0) is 12.8 Å². The van der Waals surface area contributed by atoms with Crippen LogP contribution in [0.15, 0.2) is 36.8 Å². The van der Waals surface area contributed by atoms with E-state index in [2.05, 4.69) is 45.3 Å². The number of aryl methyl sites for hydroxylation is 1. The molecule has 1 unspecified atom stereocenters. The molecule has 19 heavy (non-hydrogen) atoms. The maximum absolute atomic E-state index is 4.39. The molecule has 0 bridgehead atoms. The van der Waals surface area contributed by atoms with E-state index >= 15 is 0 Å². The minimum absolute atomic E-state index is 0.591. The maximum atomic E-state index is 4.39. The van der Waals surface area contributed by atoms with Gasteiger partial charge in [-0.3, -0.25) is 0 Å². The molecule has 2 aliphatic rings. The molecular weight excluding hydrogens is 234 g/mol. The lowest BCUT2D eigenvalue weighted by molar-refractivity contribution is 0.380. The Bertz CT molecular complexity index is 583. The van der Waals surface area contributed by atoms with Gasteiger partial charge in [0.2, 0.25) is 0 Å². The number of benzene rings is 1. The van der Waals surface area contributed by atoms with Gasteiger partial charge in [-0.15, -0.1) is 0 Å². The molecule has 3 heteroatoms. The topological polar surface area (TPSA) is 29.9 Å². The van der Waals surface area contributed by atoms with Crippen LogP contribution in [0.1, 0.15) is 35.2 Å². The fourth-order valence-corrected chi connectivity index (χ4v) is 3.35. The van der Waals surface area contributed by atoms with Gasteiger partial charge >= 0.3 is 0 Å². The zero-order valence-electron chi connectivity index (χ0n) is 11.0. The van der Waals surface area contributed by atoms with Crippen LogP contribution in [0, 0.1) is 0 Å². The van der Waals surface area contributed by atoms with E-state index in [1.165, 1.54) is 29.7 Å². The Morgan fingerprint density at radius 1 is 1.16 bits per heavy atom. The number of aromatic nitrogens is 2. The molecule has 2 aromatic rings. The number of rotatable bonds is 2. The van der Waals surface area contributed by atoms with Gasteiger partial charge in [0.1, 0.15) is 0 Å². The smallest absolute Gasteiger partial charge is 0.0951 e. The van der Waals surface area contributed by atoms with Crippen molar-refractivity contribution in [2.24, 2.45) is 0 Å². The van der Waals surface area contributed by atoms with Crippen molar-refractivity contribution in [2.45, 2.75) is 31.2 Å². The molecule has 4 rings (SSSR count). The predicted octanol–water partition coefficient (Wildman–Crippen LogP) is 2.30. The molecule has 1 aliphatic heterocycles. The molecule has 0 saturated carbocycles. The van der Waals surface area contributed by atoms with E-state index in [1.54, 1.807) is 0 Å². The Morgan fingerprint density at radius 3 is 2.79 bits per heavy atom. The Balaban J connectivity index is 1.62. The fourth-order valence-electron chi connectivity index (χ4n) is 3.35. The van der Waals surface area contributed by atoms with Gasteiger partial charge in [0.25, 0.3) is 0 Å². The van der Waals surface area contributed by atoms with Gasteiger partial charge in [0, 0.05) is 36.9 Å². The third-order valence-electron chi connectivity index (χ3n) is 4.61. The SMILES string of the molecule is c1ccc2c(c1)CCC(n1cncc1C1CNC1)C2. The summed E-state index contributed by atoms with van der Waals surface area (Å²) in [7, 11) is 0. The minimum Gasteiger partial charge on any atom is -0.331 e. The van der Waals surface area contributed by atoms with Crippen LogP contribution in [0.5, 0.6) is 0 Å². The van der Waals surface area contributed by atoms with Gasteiger partial charge in [0.05, 0.1) is 6.33 Å². The van der Waals surface area contributed by atoms with Crippen molar-refractivity contribution in [3.05, 3.63) is 53.6 Å². The summed E-state index contributed by atoms with van der Waals surface area (Å²) in [5.41, 5.74) is 4.47. The van der Waals surface area contributed by atoms with E-state index in [-0.39, 0.29) is 0 Å². The van der Waals surface area contributed by atoms with E-state index in [4.69, 9.17) is 0 Å². The molecule has 98 valence electrons. The van der Waals surface area contributed by atoms with E-state index in [0.29, 0.717) is 12.0 Å². The lowest BCUT2D eigenvalue weighted by Crippen LogP contribution is -2.41. The van der Waals surface area contributed by atoms with Gasteiger partial charge in [-0.05, 0) is 30.4 Å². The van der Waals surface area contributed by atoms with Gasteiger partial charge in [-0.25, -0.2) is 4.98 Å². The molecule has 1 aliphatic carbocycles. The molecule has 1 fully saturated rings. The van der Waals surface area contributed by atoms with Gasteiger partial charge in [-0.2, -0.15) is 0 Å². The van der Waals surface area contributed by atoms with Crippen LogP contribution in [0.25, 0.3) is 0 Å². The summed E-state index contributed by atoms with van der Waals surface area (Å²) in [5.74, 6) is 0.666. The second-order valence-electron chi connectivity index (χ2n) is 5.75. The number of hydrogen-bond acceptors (Lipinski definition) is 2. The molecule has 0 radical (unpaired) electrons. The summed E-state index contributed by atoms with van der Waals surface area (Å²) in [6, 6.07) is 9.46. The molecule has 2 heterocycles. The first-order valence-corrected chi connectivity index (χ1v) is 7.21. The Kier molecular flexibility index (Phi) is 2.66. The monoisotopic (exact) mass is 253 g/mol. The average Bonchev–Trinajstić information content (AvgIpc) is 2.85. The molecular formula is C16H19N3. The first-order chi connectivity index (χ1) is 9.42. The minimum atomic E-state index is 0.591. The number of nitrogens with one attached hydrogen (secondary N) is 1. The molecule has 1 N–H and O–H groups in total. The highest BCUT2D eigenvalue weighted by atomic mass is 15.1.